The van der Waals surface area contributed by atoms with E-state index in [0.717, 1.165) is 6.42 Å². The van der Waals surface area contributed by atoms with Crippen LogP contribution >= 0.6 is 0 Å². The van der Waals surface area contributed by atoms with Crippen LogP contribution in [0.4, 0.5) is 0 Å². The number of rotatable bonds is 3. The fraction of sp³-hybridized carbons (Fsp3) is 0.343. The van der Waals surface area contributed by atoms with Gasteiger partial charge in [-0.2, -0.15) is 0 Å². The van der Waals surface area contributed by atoms with Gasteiger partial charge in [0.1, 0.15) is 0 Å². The van der Waals surface area contributed by atoms with Crippen molar-refractivity contribution in [1.29, 1.82) is 0 Å². The van der Waals surface area contributed by atoms with Gasteiger partial charge in [-0.05, 0) is 0 Å². The van der Waals surface area contributed by atoms with E-state index in [4.69, 9.17) is 0 Å². The molecule has 0 fully saturated rings. The second-order valence-electron chi connectivity index (χ2n) is 12.8. The van der Waals surface area contributed by atoms with Crippen LogP contribution in [0.1, 0.15) is 93.3 Å². The summed E-state index contributed by atoms with van der Waals surface area (Å²) in [5, 5.41) is 0. The molecule has 0 aromatic heterocycles. The molecule has 3 aromatic rings. The summed E-state index contributed by atoms with van der Waals surface area (Å²) < 4.78 is 3.98. The maximum absolute atomic E-state index is 2.57. The van der Waals surface area contributed by atoms with E-state index in [1.165, 1.54) is 33.4 Å². The number of allylic oxidation sites excluding steroid dienone is 4. The van der Waals surface area contributed by atoms with Crippen molar-refractivity contribution >= 4 is 8.78 Å². The van der Waals surface area contributed by atoms with Crippen molar-refractivity contribution in [2.75, 3.05) is 0 Å². The van der Waals surface area contributed by atoms with Gasteiger partial charge < -0.3 is 24.8 Å². The summed E-state index contributed by atoms with van der Waals surface area (Å²) in [5.74, 6) is 0. The number of benzene rings is 3. The van der Waals surface area contributed by atoms with Gasteiger partial charge in [-0.25, -0.2) is 0 Å². The molecule has 0 nitrogen and oxygen atoms in total. The number of hydrogen-bond donors (Lipinski definition) is 0. The minimum atomic E-state index is -2.32. The number of fused-ring (bicyclic) bond motifs is 3. The monoisotopic (exact) mass is 620 g/mol. The van der Waals surface area contributed by atoms with Crippen LogP contribution in [0.5, 0.6) is 0 Å². The van der Waals surface area contributed by atoms with Crippen LogP contribution in [0.15, 0.2) is 82.2 Å². The van der Waals surface area contributed by atoms with E-state index < -0.39 is 21.3 Å². The van der Waals surface area contributed by atoms with Crippen molar-refractivity contribution in [2.24, 2.45) is 0 Å². The molecule has 0 saturated carbocycles. The summed E-state index contributed by atoms with van der Waals surface area (Å²) in [6.45, 7) is 18.9. The normalized spacial score (nSPS) is 14.3. The molecule has 3 heteroatoms. The third kappa shape index (κ3) is 5.68. The third-order valence-electron chi connectivity index (χ3n) is 7.92. The number of hydrogen-bond acceptors (Lipinski definition) is 0. The Bertz CT molecular complexity index is 1360. The first kappa shape index (κ1) is 31.0. The van der Waals surface area contributed by atoms with Crippen molar-refractivity contribution in [3.05, 3.63) is 110 Å². The Hall–Kier alpha value is -1.53. The van der Waals surface area contributed by atoms with Gasteiger partial charge in [0.25, 0.3) is 0 Å². The van der Waals surface area contributed by atoms with Gasteiger partial charge in [-0.3, -0.25) is 0 Å². The van der Waals surface area contributed by atoms with E-state index >= 15 is 0 Å². The van der Waals surface area contributed by atoms with Gasteiger partial charge in [0.15, 0.2) is 0 Å². The average molecular weight is 623 g/mol. The van der Waals surface area contributed by atoms with E-state index in [-0.39, 0.29) is 35.6 Å². The molecule has 0 radical (unpaired) electrons. The molecule has 5 rings (SSSR count). The molecule has 0 aliphatic heterocycles. The smallest absolute Gasteiger partial charge is 1.00 e. The minimum Gasteiger partial charge on any atom is -1.00 e. The fourth-order valence-corrected chi connectivity index (χ4v) is 14.5. The van der Waals surface area contributed by atoms with E-state index in [9.17, 15) is 0 Å². The summed E-state index contributed by atoms with van der Waals surface area (Å²) in [6, 6.07) is 25.8. The van der Waals surface area contributed by atoms with Gasteiger partial charge in [0, 0.05) is 0 Å². The van der Waals surface area contributed by atoms with Crippen LogP contribution in [0.25, 0.3) is 16.7 Å². The standard InChI is InChI=1S/C21H25.C11H9.C3H6.2ClH.Zr/c1-20(2,3)16-7-9-18-14(12-16)11-15-13-17(21(4,5)6)8-10-19(15)18;1-2-6-10(7-3-1)11-8-4-5-9-11;1-3-2;;;/h7-13H,1-6H3;1-4,6-8H,5H2;1-2H3;2*1H;/q;;;;;+2/p-2. The Balaban J connectivity index is 0.00000200. The Labute approximate surface area is 250 Å². The molecule has 198 valence electrons. The van der Waals surface area contributed by atoms with Crippen LogP contribution in [-0.2, 0) is 32.1 Å². The molecular weight excluding hydrogens is 583 g/mol. The van der Waals surface area contributed by atoms with Gasteiger partial charge in [0.05, 0.1) is 0 Å². The molecule has 0 amide bonds. The molecule has 2 aliphatic rings. The molecule has 0 atom stereocenters. The van der Waals surface area contributed by atoms with Crippen molar-refractivity contribution in [2.45, 2.75) is 76.3 Å². The molecule has 0 N–H and O–H groups in total. The van der Waals surface area contributed by atoms with Crippen LogP contribution in [0.3, 0.4) is 0 Å². The summed E-state index contributed by atoms with van der Waals surface area (Å²) in [4.78, 5) is 0. The summed E-state index contributed by atoms with van der Waals surface area (Å²) >= 11 is -2.32. The zero-order valence-electron chi connectivity index (χ0n) is 24.0. The van der Waals surface area contributed by atoms with Gasteiger partial charge in [0.2, 0.25) is 0 Å². The topological polar surface area (TPSA) is 0 Å². The van der Waals surface area contributed by atoms with Crippen molar-refractivity contribution < 1.29 is 46.1 Å². The number of halogens is 2. The molecule has 3 aromatic carbocycles. The van der Waals surface area contributed by atoms with Crippen LogP contribution in [0.2, 0.25) is 0 Å². The van der Waals surface area contributed by atoms with Gasteiger partial charge in [-0.15, -0.1) is 0 Å². The Morgan fingerprint density at radius 2 is 1.21 bits per heavy atom. The van der Waals surface area contributed by atoms with Crippen LogP contribution in [0, 0.1) is 0 Å². The Morgan fingerprint density at radius 3 is 1.66 bits per heavy atom. The van der Waals surface area contributed by atoms with Crippen molar-refractivity contribution in [1.82, 2.24) is 0 Å². The Morgan fingerprint density at radius 1 is 0.711 bits per heavy atom. The average Bonchev–Trinajstić information content (AvgIpc) is 3.42. The SMILES string of the molecule is C[C](C)=[Zr+2]([C]1=C(c2ccccc2)C=CC1)[CH]1c2cc(C(C)(C)C)ccc2-c2ccc(C(C)(C)C)cc21.[Cl-].[Cl-]. The minimum absolute atomic E-state index is 0. The molecule has 0 spiro atoms. The maximum Gasteiger partial charge on any atom is -1.00 e. The molecule has 0 bridgehead atoms. The van der Waals surface area contributed by atoms with Crippen LogP contribution in [-0.4, -0.2) is 3.21 Å². The maximum atomic E-state index is 2.57. The van der Waals surface area contributed by atoms with Crippen molar-refractivity contribution in [3.8, 4) is 11.1 Å². The van der Waals surface area contributed by atoms with E-state index in [2.05, 4.69) is 134 Å². The molecule has 0 unspecified atom stereocenters. The van der Waals surface area contributed by atoms with Gasteiger partial charge in [-0.1, -0.05) is 0 Å². The first-order valence-corrected chi connectivity index (χ1v) is 17.3. The quantitative estimate of drug-likeness (QED) is 0.420. The van der Waals surface area contributed by atoms with E-state index in [1.807, 2.05) is 0 Å². The third-order valence-corrected chi connectivity index (χ3v) is 16.3. The zero-order chi connectivity index (χ0) is 25.8. The summed E-state index contributed by atoms with van der Waals surface area (Å²) in [5.41, 5.74) is 12.2. The summed E-state index contributed by atoms with van der Waals surface area (Å²) in [7, 11) is 0. The molecule has 0 heterocycles. The molecule has 2 aliphatic carbocycles. The van der Waals surface area contributed by atoms with E-state index in [0.29, 0.717) is 3.63 Å². The Kier molecular flexibility index (Phi) is 9.41. The van der Waals surface area contributed by atoms with Crippen LogP contribution < -0.4 is 24.8 Å². The van der Waals surface area contributed by atoms with Crippen molar-refractivity contribution in [3.63, 3.8) is 0 Å². The van der Waals surface area contributed by atoms with Gasteiger partial charge >= 0.3 is 227 Å². The second kappa shape index (κ2) is 11.5. The second-order valence-corrected chi connectivity index (χ2v) is 20.2. The predicted octanol–water partition coefficient (Wildman–Crippen LogP) is 3.56. The predicted molar refractivity (Wildman–Crippen MR) is 155 cm³/mol. The zero-order valence-corrected chi connectivity index (χ0v) is 28.0. The first-order chi connectivity index (χ1) is 17.0. The van der Waals surface area contributed by atoms with E-state index in [1.54, 1.807) is 17.6 Å². The molecule has 0 saturated heterocycles. The first-order valence-electron chi connectivity index (χ1n) is 13.4. The molecular formula is C35H40Cl2Zr. The largest absolute Gasteiger partial charge is 1.00 e. The molecule has 38 heavy (non-hydrogen) atoms. The summed E-state index contributed by atoms with van der Waals surface area (Å²) in [6.07, 6.45) is 5.93. The fourth-order valence-electron chi connectivity index (χ4n) is 5.92.